The predicted octanol–water partition coefficient (Wildman–Crippen LogP) is 2.45. The average molecular weight is 357 g/mol. The van der Waals surface area contributed by atoms with Crippen LogP contribution in [-0.2, 0) is 16.1 Å². The first-order valence-corrected chi connectivity index (χ1v) is 9.87. The van der Waals surface area contributed by atoms with Gasteiger partial charge in [0.25, 0.3) is 0 Å². The van der Waals surface area contributed by atoms with E-state index in [9.17, 15) is 9.59 Å². The number of amides is 2. The molecule has 1 aliphatic carbocycles. The number of benzene rings is 1. The van der Waals surface area contributed by atoms with Crippen molar-refractivity contribution in [2.24, 2.45) is 17.6 Å². The first kappa shape index (κ1) is 18.9. The zero-order valence-electron chi connectivity index (χ0n) is 15.7. The second kappa shape index (κ2) is 8.21. The first-order chi connectivity index (χ1) is 12.5. The lowest BCUT2D eigenvalue weighted by atomic mass is 9.73. The first-order valence-electron chi connectivity index (χ1n) is 9.87. The van der Waals surface area contributed by atoms with E-state index in [4.69, 9.17) is 5.73 Å². The Morgan fingerprint density at radius 1 is 1.15 bits per heavy atom. The van der Waals surface area contributed by atoms with Gasteiger partial charge in [0.15, 0.2) is 0 Å². The van der Waals surface area contributed by atoms with Gasteiger partial charge in [-0.15, -0.1) is 0 Å². The molecule has 2 unspecified atom stereocenters. The highest BCUT2D eigenvalue weighted by atomic mass is 16.2. The number of hydrogen-bond acceptors (Lipinski definition) is 3. The van der Waals surface area contributed by atoms with E-state index in [0.29, 0.717) is 19.6 Å². The van der Waals surface area contributed by atoms with Crippen molar-refractivity contribution >= 4 is 11.8 Å². The number of likely N-dealkylation sites (tertiary alicyclic amines) is 1. The van der Waals surface area contributed by atoms with Gasteiger partial charge in [-0.3, -0.25) is 9.59 Å². The lowest BCUT2D eigenvalue weighted by Crippen LogP contribution is -2.55. The van der Waals surface area contributed by atoms with Crippen molar-refractivity contribution in [3.05, 3.63) is 35.9 Å². The number of nitrogens with two attached hydrogens (primary N) is 1. The number of nitrogens with zero attached hydrogens (tertiary/aromatic N) is 1. The second-order valence-electron chi connectivity index (χ2n) is 8.11. The van der Waals surface area contributed by atoms with Gasteiger partial charge in [-0.25, -0.2) is 0 Å². The van der Waals surface area contributed by atoms with E-state index in [1.165, 1.54) is 0 Å². The SMILES string of the molecule is CC1(N)CCCCC1C(=O)N1CCC(C(=O)NCc2ccccc2)CC1. The third-order valence-corrected chi connectivity index (χ3v) is 6.04. The molecule has 0 spiro atoms. The van der Waals surface area contributed by atoms with Crippen molar-refractivity contribution in [1.29, 1.82) is 0 Å². The molecule has 2 fully saturated rings. The predicted molar refractivity (Wildman–Crippen MR) is 102 cm³/mol. The zero-order chi connectivity index (χ0) is 18.6. The van der Waals surface area contributed by atoms with Crippen LogP contribution in [0.3, 0.4) is 0 Å². The molecule has 1 aliphatic heterocycles. The van der Waals surface area contributed by atoms with E-state index in [1.807, 2.05) is 42.2 Å². The Bertz CT molecular complexity index is 621. The van der Waals surface area contributed by atoms with Crippen LogP contribution in [-0.4, -0.2) is 35.3 Å². The quantitative estimate of drug-likeness (QED) is 0.869. The monoisotopic (exact) mass is 357 g/mol. The number of rotatable bonds is 4. The molecule has 26 heavy (non-hydrogen) atoms. The molecule has 1 saturated heterocycles. The maximum Gasteiger partial charge on any atom is 0.227 e. The molecule has 1 saturated carbocycles. The molecule has 2 aliphatic rings. The maximum atomic E-state index is 12.9. The van der Waals surface area contributed by atoms with E-state index >= 15 is 0 Å². The summed E-state index contributed by atoms with van der Waals surface area (Å²) in [6, 6.07) is 9.94. The van der Waals surface area contributed by atoms with Crippen molar-refractivity contribution in [3.8, 4) is 0 Å². The van der Waals surface area contributed by atoms with Crippen LogP contribution in [0, 0.1) is 11.8 Å². The maximum absolute atomic E-state index is 12.9. The topological polar surface area (TPSA) is 75.4 Å². The van der Waals surface area contributed by atoms with Crippen molar-refractivity contribution in [1.82, 2.24) is 10.2 Å². The number of nitrogens with one attached hydrogen (secondary N) is 1. The second-order valence-corrected chi connectivity index (χ2v) is 8.11. The van der Waals surface area contributed by atoms with Crippen molar-refractivity contribution in [2.45, 2.75) is 57.5 Å². The van der Waals surface area contributed by atoms with Gasteiger partial charge in [0.05, 0.1) is 5.92 Å². The van der Waals surface area contributed by atoms with Crippen LogP contribution < -0.4 is 11.1 Å². The van der Waals surface area contributed by atoms with E-state index in [-0.39, 0.29) is 29.2 Å². The molecule has 0 bridgehead atoms. The third-order valence-electron chi connectivity index (χ3n) is 6.04. The molecule has 0 aromatic heterocycles. The number of hydrogen-bond donors (Lipinski definition) is 2. The summed E-state index contributed by atoms with van der Waals surface area (Å²) >= 11 is 0. The Balaban J connectivity index is 1.47. The minimum absolute atomic E-state index is 0.00150. The van der Waals surface area contributed by atoms with Crippen LogP contribution in [0.15, 0.2) is 30.3 Å². The molecule has 2 amide bonds. The molecule has 0 radical (unpaired) electrons. The summed E-state index contributed by atoms with van der Waals surface area (Å²) in [6.07, 6.45) is 5.48. The fourth-order valence-corrected chi connectivity index (χ4v) is 4.28. The van der Waals surface area contributed by atoms with Crippen molar-refractivity contribution in [2.75, 3.05) is 13.1 Å². The van der Waals surface area contributed by atoms with E-state index in [0.717, 1.165) is 44.1 Å². The Hall–Kier alpha value is -1.88. The third kappa shape index (κ3) is 4.44. The van der Waals surface area contributed by atoms with E-state index in [2.05, 4.69) is 5.32 Å². The zero-order valence-corrected chi connectivity index (χ0v) is 15.7. The molecule has 5 nitrogen and oxygen atoms in total. The van der Waals surface area contributed by atoms with Gasteiger partial charge in [0.2, 0.25) is 11.8 Å². The normalized spacial score (nSPS) is 27.2. The van der Waals surface area contributed by atoms with E-state index in [1.54, 1.807) is 0 Å². The number of carbonyl (C=O) groups excluding carboxylic acids is 2. The fourth-order valence-electron chi connectivity index (χ4n) is 4.28. The highest BCUT2D eigenvalue weighted by molar-refractivity contribution is 5.82. The summed E-state index contributed by atoms with van der Waals surface area (Å²) in [5, 5.41) is 3.03. The van der Waals surface area contributed by atoms with Gasteiger partial charge in [-0.2, -0.15) is 0 Å². The Morgan fingerprint density at radius 2 is 1.85 bits per heavy atom. The summed E-state index contributed by atoms with van der Waals surface area (Å²) in [5.74, 6) is 0.221. The lowest BCUT2D eigenvalue weighted by molar-refractivity contribution is -0.142. The van der Waals surface area contributed by atoms with Crippen molar-refractivity contribution in [3.63, 3.8) is 0 Å². The van der Waals surface area contributed by atoms with Crippen molar-refractivity contribution < 1.29 is 9.59 Å². The Labute approximate surface area is 156 Å². The molecular weight excluding hydrogens is 326 g/mol. The van der Waals surface area contributed by atoms with Crippen LogP contribution in [0.25, 0.3) is 0 Å². The van der Waals surface area contributed by atoms with E-state index < -0.39 is 0 Å². The largest absolute Gasteiger partial charge is 0.352 e. The van der Waals surface area contributed by atoms with Gasteiger partial charge in [-0.05, 0) is 38.2 Å². The molecule has 3 N–H and O–H groups in total. The highest BCUT2D eigenvalue weighted by Crippen LogP contribution is 2.33. The summed E-state index contributed by atoms with van der Waals surface area (Å²) in [5.41, 5.74) is 7.10. The minimum atomic E-state index is -0.390. The summed E-state index contributed by atoms with van der Waals surface area (Å²) in [7, 11) is 0. The van der Waals surface area contributed by atoms with Crippen LogP contribution in [0.1, 0.15) is 51.0 Å². The highest BCUT2D eigenvalue weighted by Gasteiger charge is 2.40. The fraction of sp³-hybridized carbons (Fsp3) is 0.619. The summed E-state index contributed by atoms with van der Waals surface area (Å²) in [4.78, 5) is 27.3. The lowest BCUT2D eigenvalue weighted by Gasteiger charge is -2.41. The molecule has 3 rings (SSSR count). The smallest absolute Gasteiger partial charge is 0.227 e. The Kier molecular flexibility index (Phi) is 5.97. The number of piperidine rings is 1. The van der Waals surface area contributed by atoms with Crippen LogP contribution >= 0.6 is 0 Å². The van der Waals surface area contributed by atoms with Crippen LogP contribution in [0.5, 0.6) is 0 Å². The summed E-state index contributed by atoms with van der Waals surface area (Å²) in [6.45, 7) is 3.90. The molecule has 5 heteroatoms. The average Bonchev–Trinajstić information content (AvgIpc) is 2.66. The van der Waals surface area contributed by atoms with Gasteiger partial charge >= 0.3 is 0 Å². The van der Waals surface area contributed by atoms with Crippen LogP contribution in [0.2, 0.25) is 0 Å². The standard InChI is InChI=1S/C21H31N3O2/c1-21(22)12-6-5-9-18(21)20(26)24-13-10-17(11-14-24)19(25)23-15-16-7-3-2-4-8-16/h2-4,7-8,17-18H,5-6,9-15,22H2,1H3,(H,23,25). The van der Waals surface area contributed by atoms with Crippen LogP contribution in [0.4, 0.5) is 0 Å². The molecule has 2 atom stereocenters. The minimum Gasteiger partial charge on any atom is -0.352 e. The molecule has 1 aromatic carbocycles. The summed E-state index contributed by atoms with van der Waals surface area (Å²) < 4.78 is 0. The Morgan fingerprint density at radius 3 is 2.50 bits per heavy atom. The number of carbonyl (C=O) groups is 2. The molecule has 142 valence electrons. The molecule has 1 heterocycles. The van der Waals surface area contributed by atoms with Gasteiger partial charge in [0, 0.05) is 31.1 Å². The van der Waals surface area contributed by atoms with Gasteiger partial charge in [-0.1, -0.05) is 43.2 Å². The van der Waals surface area contributed by atoms with Gasteiger partial charge < -0.3 is 16.0 Å². The molecular formula is C21H31N3O2. The van der Waals surface area contributed by atoms with Gasteiger partial charge in [0.1, 0.15) is 0 Å². The molecule has 1 aromatic rings.